The average molecular weight is 493 g/mol. The lowest BCUT2D eigenvalue weighted by Gasteiger charge is -2.26. The third-order valence-electron chi connectivity index (χ3n) is 6.16. The smallest absolute Gasteiger partial charge is 0.335 e. The van der Waals surface area contributed by atoms with Crippen molar-refractivity contribution in [3.8, 4) is 0 Å². The summed E-state index contributed by atoms with van der Waals surface area (Å²) in [7, 11) is 0. The average Bonchev–Trinajstić information content (AvgIpc) is 3.21. The second-order valence-electron chi connectivity index (χ2n) is 8.94. The summed E-state index contributed by atoms with van der Waals surface area (Å²) in [6, 6.07) is 21.0. The van der Waals surface area contributed by atoms with Gasteiger partial charge in [-0.05, 0) is 50.3 Å². The molecule has 0 atom stereocenters. The standard InChI is InChI=1S/C29H24N4O4/c1-18-7-11-21(12-8-18)30-26(34)17-32-16-20(23-5-3-4-6-25(23)32)15-24-27(35)31-29(37)33(28(24)36)22-13-9-19(2)10-14-22/h3-16H,17H2,1-2H3,(H,30,34)(H,31,35,37). The summed E-state index contributed by atoms with van der Waals surface area (Å²) in [6.07, 6.45) is 3.18. The number of rotatable bonds is 5. The van der Waals surface area contributed by atoms with Crippen LogP contribution in [0, 0.1) is 13.8 Å². The third kappa shape index (κ3) is 4.77. The molecule has 1 saturated heterocycles. The predicted octanol–water partition coefficient (Wildman–Crippen LogP) is 4.56. The van der Waals surface area contributed by atoms with Gasteiger partial charge in [-0.1, -0.05) is 53.6 Å². The summed E-state index contributed by atoms with van der Waals surface area (Å²) in [5.74, 6) is -1.70. The maximum Gasteiger partial charge on any atom is 0.335 e. The Morgan fingerprint density at radius 3 is 2.24 bits per heavy atom. The first-order chi connectivity index (χ1) is 17.8. The Balaban J connectivity index is 1.47. The van der Waals surface area contributed by atoms with Crippen LogP contribution in [0.3, 0.4) is 0 Å². The summed E-state index contributed by atoms with van der Waals surface area (Å²) in [5.41, 5.74) is 4.29. The van der Waals surface area contributed by atoms with E-state index < -0.39 is 17.8 Å². The van der Waals surface area contributed by atoms with Crippen LogP contribution >= 0.6 is 0 Å². The summed E-state index contributed by atoms with van der Waals surface area (Å²) in [4.78, 5) is 52.2. The minimum absolute atomic E-state index is 0.0334. The van der Waals surface area contributed by atoms with Crippen molar-refractivity contribution < 1.29 is 19.2 Å². The molecule has 1 aromatic heterocycles. The van der Waals surface area contributed by atoms with Crippen molar-refractivity contribution in [3.05, 3.63) is 101 Å². The Kier molecular flexibility index (Phi) is 6.15. The van der Waals surface area contributed by atoms with Crippen molar-refractivity contribution >= 4 is 52.1 Å². The molecule has 37 heavy (non-hydrogen) atoms. The molecule has 3 aromatic carbocycles. The fourth-order valence-electron chi connectivity index (χ4n) is 4.25. The Morgan fingerprint density at radius 1 is 0.892 bits per heavy atom. The van der Waals surface area contributed by atoms with Crippen LogP contribution in [0.4, 0.5) is 16.2 Å². The van der Waals surface area contributed by atoms with E-state index in [-0.39, 0.29) is 18.0 Å². The molecule has 1 fully saturated rings. The normalized spacial score (nSPS) is 14.8. The molecule has 0 unspecified atom stereocenters. The minimum atomic E-state index is -0.800. The molecule has 184 valence electrons. The minimum Gasteiger partial charge on any atom is -0.337 e. The number of carbonyl (C=O) groups is 4. The number of fused-ring (bicyclic) bond motifs is 1. The SMILES string of the molecule is Cc1ccc(NC(=O)Cn2cc(C=C3C(=O)NC(=O)N(c4ccc(C)cc4)C3=O)c3ccccc32)cc1. The largest absolute Gasteiger partial charge is 0.337 e. The van der Waals surface area contributed by atoms with Crippen molar-refractivity contribution in [2.45, 2.75) is 20.4 Å². The highest BCUT2D eigenvalue weighted by molar-refractivity contribution is 6.39. The lowest BCUT2D eigenvalue weighted by Crippen LogP contribution is -2.54. The first kappa shape index (κ1) is 23.7. The van der Waals surface area contributed by atoms with E-state index in [1.165, 1.54) is 6.08 Å². The molecule has 8 heteroatoms. The highest BCUT2D eigenvalue weighted by atomic mass is 16.2. The van der Waals surface area contributed by atoms with E-state index in [0.29, 0.717) is 16.9 Å². The highest BCUT2D eigenvalue weighted by Gasteiger charge is 2.37. The van der Waals surface area contributed by atoms with Crippen molar-refractivity contribution in [2.75, 3.05) is 10.2 Å². The summed E-state index contributed by atoms with van der Waals surface area (Å²) < 4.78 is 1.76. The van der Waals surface area contributed by atoms with Crippen LogP contribution in [0.15, 0.2) is 84.6 Å². The number of aryl methyl sites for hydroxylation is 2. The van der Waals surface area contributed by atoms with Crippen molar-refractivity contribution in [1.82, 2.24) is 9.88 Å². The first-order valence-electron chi connectivity index (χ1n) is 11.7. The van der Waals surface area contributed by atoms with Crippen molar-refractivity contribution in [3.63, 3.8) is 0 Å². The number of urea groups is 1. The molecular weight excluding hydrogens is 468 g/mol. The van der Waals surface area contributed by atoms with Gasteiger partial charge >= 0.3 is 6.03 Å². The molecule has 2 N–H and O–H groups in total. The van der Waals surface area contributed by atoms with E-state index in [4.69, 9.17) is 0 Å². The summed E-state index contributed by atoms with van der Waals surface area (Å²) in [5, 5.41) is 5.89. The molecule has 0 radical (unpaired) electrons. The van der Waals surface area contributed by atoms with Crippen molar-refractivity contribution in [1.29, 1.82) is 0 Å². The van der Waals surface area contributed by atoms with E-state index in [1.807, 2.05) is 62.4 Å². The molecule has 2 heterocycles. The van der Waals surface area contributed by atoms with E-state index >= 15 is 0 Å². The Labute approximate surface area is 213 Å². The van der Waals surface area contributed by atoms with Gasteiger partial charge in [-0.2, -0.15) is 0 Å². The number of imide groups is 2. The van der Waals surface area contributed by atoms with Crippen LogP contribution in [-0.2, 0) is 20.9 Å². The molecule has 0 bridgehead atoms. The molecule has 5 rings (SSSR count). The molecule has 0 saturated carbocycles. The monoisotopic (exact) mass is 492 g/mol. The molecule has 1 aliphatic heterocycles. The van der Waals surface area contributed by atoms with Gasteiger partial charge in [-0.15, -0.1) is 0 Å². The molecule has 0 aliphatic carbocycles. The van der Waals surface area contributed by atoms with Gasteiger partial charge in [0.2, 0.25) is 5.91 Å². The number of hydrogen-bond donors (Lipinski definition) is 2. The lowest BCUT2D eigenvalue weighted by atomic mass is 10.1. The highest BCUT2D eigenvalue weighted by Crippen LogP contribution is 2.27. The van der Waals surface area contributed by atoms with Crippen LogP contribution in [0.5, 0.6) is 0 Å². The molecule has 5 amide bonds. The fourth-order valence-corrected chi connectivity index (χ4v) is 4.25. The number of amides is 5. The molecular formula is C29H24N4O4. The number of aromatic nitrogens is 1. The van der Waals surface area contributed by atoms with E-state index in [0.717, 1.165) is 26.9 Å². The lowest BCUT2D eigenvalue weighted by molar-refractivity contribution is -0.122. The maximum absolute atomic E-state index is 13.3. The summed E-state index contributed by atoms with van der Waals surface area (Å²) in [6.45, 7) is 3.90. The topological polar surface area (TPSA) is 101 Å². The van der Waals surface area contributed by atoms with Gasteiger partial charge in [-0.25, -0.2) is 9.69 Å². The number of benzene rings is 3. The van der Waals surface area contributed by atoms with Crippen LogP contribution < -0.4 is 15.5 Å². The second-order valence-corrected chi connectivity index (χ2v) is 8.94. The molecule has 0 spiro atoms. The Bertz CT molecular complexity index is 1580. The number of carbonyl (C=O) groups excluding carboxylic acids is 4. The third-order valence-corrected chi connectivity index (χ3v) is 6.16. The van der Waals surface area contributed by atoms with E-state index in [1.54, 1.807) is 35.0 Å². The Hall–Kier alpha value is -4.98. The van der Waals surface area contributed by atoms with Crippen LogP contribution in [0.25, 0.3) is 17.0 Å². The molecule has 8 nitrogen and oxygen atoms in total. The van der Waals surface area contributed by atoms with Gasteiger partial charge < -0.3 is 9.88 Å². The maximum atomic E-state index is 13.3. The van der Waals surface area contributed by atoms with Crippen LogP contribution in [0.1, 0.15) is 16.7 Å². The molecule has 1 aliphatic rings. The van der Waals surface area contributed by atoms with E-state index in [2.05, 4.69) is 10.6 Å². The number of anilines is 2. The first-order valence-corrected chi connectivity index (χ1v) is 11.7. The van der Waals surface area contributed by atoms with E-state index in [9.17, 15) is 19.2 Å². The summed E-state index contributed by atoms with van der Waals surface area (Å²) >= 11 is 0. The number of para-hydroxylation sites is 1. The van der Waals surface area contributed by atoms with Crippen LogP contribution in [0.2, 0.25) is 0 Å². The quantitative estimate of drug-likeness (QED) is 0.315. The van der Waals surface area contributed by atoms with Crippen molar-refractivity contribution in [2.24, 2.45) is 0 Å². The second kappa shape index (κ2) is 9.58. The zero-order valence-corrected chi connectivity index (χ0v) is 20.3. The van der Waals surface area contributed by atoms with Gasteiger partial charge in [-0.3, -0.25) is 19.7 Å². The van der Waals surface area contributed by atoms with Gasteiger partial charge in [0, 0.05) is 28.4 Å². The zero-order chi connectivity index (χ0) is 26.1. The van der Waals surface area contributed by atoms with Gasteiger partial charge in [0.25, 0.3) is 11.8 Å². The molecule has 4 aromatic rings. The zero-order valence-electron chi connectivity index (χ0n) is 20.3. The predicted molar refractivity (Wildman–Crippen MR) is 142 cm³/mol. The number of nitrogens with zero attached hydrogens (tertiary/aromatic N) is 2. The number of nitrogens with one attached hydrogen (secondary N) is 2. The fraction of sp³-hybridized carbons (Fsp3) is 0.103. The number of hydrogen-bond acceptors (Lipinski definition) is 4. The van der Waals surface area contributed by atoms with Crippen LogP contribution in [-0.4, -0.2) is 28.3 Å². The number of barbiturate groups is 1. The van der Waals surface area contributed by atoms with Gasteiger partial charge in [0.1, 0.15) is 12.1 Å². The Morgan fingerprint density at radius 2 is 1.54 bits per heavy atom. The van der Waals surface area contributed by atoms with Gasteiger partial charge in [0.05, 0.1) is 5.69 Å². The van der Waals surface area contributed by atoms with Gasteiger partial charge in [0.15, 0.2) is 0 Å².